The first kappa shape index (κ1) is 15.0. The van der Waals surface area contributed by atoms with Gasteiger partial charge < -0.3 is 10.1 Å². The largest absolute Gasteiger partial charge is 0.383 e. The van der Waals surface area contributed by atoms with Gasteiger partial charge in [0.05, 0.1) is 18.5 Å². The van der Waals surface area contributed by atoms with E-state index in [4.69, 9.17) is 4.74 Å². The van der Waals surface area contributed by atoms with E-state index in [-0.39, 0.29) is 5.82 Å². The number of aromatic nitrogens is 2. The van der Waals surface area contributed by atoms with Gasteiger partial charge in [-0.2, -0.15) is 5.10 Å². The van der Waals surface area contributed by atoms with Crippen LogP contribution in [0.3, 0.4) is 0 Å². The molecule has 0 aliphatic rings. The highest BCUT2D eigenvalue weighted by Crippen LogP contribution is 2.26. The second kappa shape index (κ2) is 7.42. The number of rotatable bonds is 7. The number of hydrogen-bond donors (Lipinski definition) is 2. The lowest BCUT2D eigenvalue weighted by Gasteiger charge is -2.07. The monoisotopic (exact) mass is 295 g/mol. The van der Waals surface area contributed by atoms with Crippen molar-refractivity contribution in [1.82, 2.24) is 15.5 Å². The number of thioether (sulfide) groups is 1. The molecule has 4 nitrogen and oxygen atoms in total. The molecule has 2 aromatic rings. The molecule has 1 aromatic heterocycles. The zero-order chi connectivity index (χ0) is 14.4. The van der Waals surface area contributed by atoms with E-state index in [2.05, 4.69) is 15.5 Å². The molecule has 0 fully saturated rings. The molecule has 0 atom stereocenters. The van der Waals surface area contributed by atoms with E-state index in [9.17, 15) is 4.39 Å². The van der Waals surface area contributed by atoms with Crippen LogP contribution in [0, 0.1) is 5.82 Å². The van der Waals surface area contributed by atoms with Crippen LogP contribution in [0.25, 0.3) is 11.3 Å². The molecule has 0 radical (unpaired) electrons. The molecule has 6 heteroatoms. The predicted octanol–water partition coefficient (Wildman–Crippen LogP) is 2.67. The molecular weight excluding hydrogens is 277 g/mol. The van der Waals surface area contributed by atoms with Gasteiger partial charge in [0.1, 0.15) is 5.82 Å². The van der Waals surface area contributed by atoms with Gasteiger partial charge in [-0.1, -0.05) is 6.07 Å². The van der Waals surface area contributed by atoms with Crippen LogP contribution >= 0.6 is 11.8 Å². The highest BCUT2D eigenvalue weighted by Gasteiger charge is 2.10. The van der Waals surface area contributed by atoms with Crippen molar-refractivity contribution >= 4 is 11.8 Å². The van der Waals surface area contributed by atoms with Gasteiger partial charge in [-0.25, -0.2) is 4.39 Å². The van der Waals surface area contributed by atoms with Crippen LogP contribution in [0.1, 0.15) is 5.56 Å². The molecule has 1 aromatic carbocycles. The number of halogens is 1. The third kappa shape index (κ3) is 3.59. The molecular formula is C14H18FN3OS. The fourth-order valence-electron chi connectivity index (χ4n) is 1.91. The van der Waals surface area contributed by atoms with Crippen LogP contribution in [0.15, 0.2) is 29.3 Å². The van der Waals surface area contributed by atoms with Crippen molar-refractivity contribution in [3.63, 3.8) is 0 Å². The van der Waals surface area contributed by atoms with Gasteiger partial charge in [-0.15, -0.1) is 11.8 Å². The van der Waals surface area contributed by atoms with E-state index in [0.717, 1.165) is 23.4 Å². The Kier molecular flexibility index (Phi) is 5.58. The number of nitrogens with one attached hydrogen (secondary N) is 2. The maximum Gasteiger partial charge on any atom is 0.137 e. The summed E-state index contributed by atoms with van der Waals surface area (Å²) in [5.74, 6) is -0.206. The molecule has 2 rings (SSSR count). The lowest BCUT2D eigenvalue weighted by Crippen LogP contribution is -2.18. The third-order valence-electron chi connectivity index (χ3n) is 2.96. The highest BCUT2D eigenvalue weighted by atomic mass is 32.2. The van der Waals surface area contributed by atoms with Gasteiger partial charge in [0.15, 0.2) is 0 Å². The molecule has 0 saturated heterocycles. The summed E-state index contributed by atoms with van der Waals surface area (Å²) in [6, 6.07) is 5.23. The summed E-state index contributed by atoms with van der Waals surface area (Å²) in [5.41, 5.74) is 2.67. The van der Waals surface area contributed by atoms with Crippen LogP contribution in [0.4, 0.5) is 4.39 Å². The van der Waals surface area contributed by atoms with Crippen LogP contribution in [-0.2, 0) is 11.3 Å². The quantitative estimate of drug-likeness (QED) is 0.609. The topological polar surface area (TPSA) is 49.9 Å². The number of nitrogens with zero attached hydrogens (tertiary/aromatic N) is 1. The van der Waals surface area contributed by atoms with Crippen molar-refractivity contribution in [3.8, 4) is 11.3 Å². The van der Waals surface area contributed by atoms with Gasteiger partial charge in [-0.05, 0) is 18.4 Å². The molecule has 2 N–H and O–H groups in total. The second-order valence-electron chi connectivity index (χ2n) is 4.29. The number of hydrogen-bond acceptors (Lipinski definition) is 4. The van der Waals surface area contributed by atoms with Crippen molar-refractivity contribution < 1.29 is 9.13 Å². The Labute approximate surface area is 122 Å². The van der Waals surface area contributed by atoms with Crippen LogP contribution in [0.5, 0.6) is 0 Å². The molecule has 20 heavy (non-hydrogen) atoms. The number of aromatic amines is 1. The SMILES string of the molecule is COCCNCc1cn[nH]c1-c1ccc(SC)c(F)c1. The molecule has 0 unspecified atom stereocenters. The molecule has 0 bridgehead atoms. The minimum absolute atomic E-state index is 0.206. The highest BCUT2D eigenvalue weighted by molar-refractivity contribution is 7.98. The van der Waals surface area contributed by atoms with Crippen LogP contribution < -0.4 is 5.32 Å². The van der Waals surface area contributed by atoms with Crippen molar-refractivity contribution in [1.29, 1.82) is 0 Å². The van der Waals surface area contributed by atoms with Gasteiger partial charge in [0, 0.05) is 36.2 Å². The van der Waals surface area contributed by atoms with E-state index in [1.54, 1.807) is 19.4 Å². The summed E-state index contributed by atoms with van der Waals surface area (Å²) in [4.78, 5) is 0.646. The lowest BCUT2D eigenvalue weighted by molar-refractivity contribution is 0.199. The van der Waals surface area contributed by atoms with Gasteiger partial charge in [-0.3, -0.25) is 5.10 Å². The summed E-state index contributed by atoms with van der Waals surface area (Å²) < 4.78 is 18.8. The summed E-state index contributed by atoms with van der Waals surface area (Å²) in [7, 11) is 1.67. The molecule has 0 aliphatic carbocycles. The summed E-state index contributed by atoms with van der Waals surface area (Å²) >= 11 is 1.40. The molecule has 0 spiro atoms. The van der Waals surface area contributed by atoms with Crippen molar-refractivity contribution in [2.24, 2.45) is 0 Å². The van der Waals surface area contributed by atoms with E-state index in [1.165, 1.54) is 17.8 Å². The van der Waals surface area contributed by atoms with Gasteiger partial charge >= 0.3 is 0 Å². The molecule has 0 aliphatic heterocycles. The Morgan fingerprint density at radius 1 is 1.45 bits per heavy atom. The summed E-state index contributed by atoms with van der Waals surface area (Å²) in [5, 5.41) is 10.2. The summed E-state index contributed by atoms with van der Waals surface area (Å²) in [6.07, 6.45) is 3.62. The molecule has 108 valence electrons. The minimum Gasteiger partial charge on any atom is -0.383 e. The van der Waals surface area contributed by atoms with E-state index >= 15 is 0 Å². The van der Waals surface area contributed by atoms with E-state index in [0.29, 0.717) is 18.0 Å². The smallest absolute Gasteiger partial charge is 0.137 e. The first-order chi connectivity index (χ1) is 9.76. The first-order valence-corrected chi connectivity index (χ1v) is 7.54. The Morgan fingerprint density at radius 3 is 3.00 bits per heavy atom. The zero-order valence-corrected chi connectivity index (χ0v) is 12.4. The Bertz CT molecular complexity index is 559. The summed E-state index contributed by atoms with van der Waals surface area (Å²) in [6.45, 7) is 2.09. The van der Waals surface area contributed by atoms with Gasteiger partial charge in [0.2, 0.25) is 0 Å². The average molecular weight is 295 g/mol. The maximum absolute atomic E-state index is 13.8. The normalized spacial score (nSPS) is 10.9. The lowest BCUT2D eigenvalue weighted by atomic mass is 10.1. The fraction of sp³-hybridized carbons (Fsp3) is 0.357. The van der Waals surface area contributed by atoms with E-state index in [1.807, 2.05) is 12.3 Å². The van der Waals surface area contributed by atoms with E-state index < -0.39 is 0 Å². The minimum atomic E-state index is -0.206. The second-order valence-corrected chi connectivity index (χ2v) is 5.14. The average Bonchev–Trinajstić information content (AvgIpc) is 2.92. The number of ether oxygens (including phenoxy) is 1. The first-order valence-electron chi connectivity index (χ1n) is 6.32. The van der Waals surface area contributed by atoms with Crippen molar-refractivity contribution in [2.45, 2.75) is 11.4 Å². The third-order valence-corrected chi connectivity index (χ3v) is 3.73. The Balaban J connectivity index is 2.13. The molecule has 1 heterocycles. The number of benzene rings is 1. The predicted molar refractivity (Wildman–Crippen MR) is 79.3 cm³/mol. The zero-order valence-electron chi connectivity index (χ0n) is 11.6. The van der Waals surface area contributed by atoms with Crippen molar-refractivity contribution in [3.05, 3.63) is 35.8 Å². The number of methoxy groups -OCH3 is 1. The Hall–Kier alpha value is -1.37. The molecule has 0 saturated carbocycles. The standard InChI is InChI=1S/C14H18FN3OS/c1-19-6-5-16-8-11-9-17-18-14(11)10-3-4-13(20-2)12(15)7-10/h3-4,7,9,16H,5-6,8H2,1-2H3,(H,17,18). The van der Waals surface area contributed by atoms with Crippen molar-refractivity contribution in [2.75, 3.05) is 26.5 Å². The van der Waals surface area contributed by atoms with Crippen LogP contribution in [-0.4, -0.2) is 36.7 Å². The van der Waals surface area contributed by atoms with Gasteiger partial charge in [0.25, 0.3) is 0 Å². The maximum atomic E-state index is 13.8. The molecule has 0 amide bonds. The number of H-pyrrole nitrogens is 1. The fourth-order valence-corrected chi connectivity index (χ4v) is 2.37. The van der Waals surface area contributed by atoms with Crippen LogP contribution in [0.2, 0.25) is 0 Å². The Morgan fingerprint density at radius 2 is 2.30 bits per heavy atom.